The van der Waals surface area contributed by atoms with Crippen molar-refractivity contribution in [3.8, 4) is 0 Å². The summed E-state index contributed by atoms with van der Waals surface area (Å²) in [5, 5.41) is 15.9. The standard InChI is InChI=1S/C11H20O2.C7H10O3.C5H8O3.C4H6O2/c1-4-7-8-10(5-2)9-13-11(12)6-3;1-5(2)7(8)10-4-6-3-9-6;1-2-5(7)8-4-3-6;1-2-3-4(5)6/h6,10H,3-5,7-9H2,1-2H3;6H,1,3-4H2,2H3;2,6H,1,3-4H2;2H,1,3H2,(H,5,6). The zero-order valence-corrected chi connectivity index (χ0v) is 22.4. The molecule has 1 aliphatic heterocycles. The molecule has 0 bridgehead atoms. The van der Waals surface area contributed by atoms with Crippen LogP contribution in [-0.2, 0) is 38.1 Å². The molecule has 1 fully saturated rings. The van der Waals surface area contributed by atoms with Crippen molar-refractivity contribution >= 4 is 23.9 Å². The number of unbranched alkanes of at least 4 members (excludes halogenated alkanes) is 1. The summed E-state index contributed by atoms with van der Waals surface area (Å²) in [6.45, 7) is 20.6. The van der Waals surface area contributed by atoms with Crippen molar-refractivity contribution in [1.82, 2.24) is 0 Å². The smallest absolute Gasteiger partial charge is 0.333 e. The summed E-state index contributed by atoms with van der Waals surface area (Å²) in [5.41, 5.74) is 0.431. The van der Waals surface area contributed by atoms with E-state index in [1.807, 2.05) is 0 Å². The van der Waals surface area contributed by atoms with Crippen LogP contribution in [0.2, 0.25) is 0 Å². The molecule has 1 saturated heterocycles. The molecule has 0 amide bonds. The van der Waals surface area contributed by atoms with Crippen LogP contribution in [0.3, 0.4) is 0 Å². The molecule has 0 aromatic rings. The summed E-state index contributed by atoms with van der Waals surface area (Å²) in [6.07, 6.45) is 8.45. The maximum Gasteiger partial charge on any atom is 0.333 e. The molecule has 2 atom stereocenters. The summed E-state index contributed by atoms with van der Waals surface area (Å²) in [7, 11) is 0. The molecule has 212 valence electrons. The van der Waals surface area contributed by atoms with Gasteiger partial charge in [-0.1, -0.05) is 58.9 Å². The normalized spacial score (nSPS) is 13.1. The average Bonchev–Trinajstić information content (AvgIpc) is 3.71. The van der Waals surface area contributed by atoms with E-state index in [1.54, 1.807) is 6.92 Å². The monoisotopic (exact) mass is 528 g/mol. The highest BCUT2D eigenvalue weighted by Crippen LogP contribution is 2.12. The summed E-state index contributed by atoms with van der Waals surface area (Å²) >= 11 is 0. The Balaban J connectivity index is -0.000000433. The number of epoxide rings is 1. The number of carboxylic acid groups (broad SMARTS) is 1. The predicted molar refractivity (Wildman–Crippen MR) is 141 cm³/mol. The fourth-order valence-corrected chi connectivity index (χ4v) is 1.94. The van der Waals surface area contributed by atoms with E-state index in [9.17, 15) is 19.2 Å². The van der Waals surface area contributed by atoms with Crippen molar-refractivity contribution in [2.45, 2.75) is 59.0 Å². The van der Waals surface area contributed by atoms with Gasteiger partial charge in [-0.15, -0.1) is 6.58 Å². The van der Waals surface area contributed by atoms with Crippen LogP contribution in [-0.4, -0.2) is 73.2 Å². The van der Waals surface area contributed by atoms with E-state index in [-0.39, 0.29) is 37.7 Å². The Labute approximate surface area is 220 Å². The molecule has 2 N–H and O–H groups in total. The zero-order valence-electron chi connectivity index (χ0n) is 22.4. The van der Waals surface area contributed by atoms with Gasteiger partial charge in [-0.05, 0) is 19.3 Å². The molecule has 1 aliphatic rings. The van der Waals surface area contributed by atoms with Gasteiger partial charge in [0, 0.05) is 17.7 Å². The van der Waals surface area contributed by atoms with E-state index in [2.05, 4.69) is 44.9 Å². The van der Waals surface area contributed by atoms with Gasteiger partial charge in [0.05, 0.1) is 26.2 Å². The molecular formula is C27H44O10. The number of aliphatic carboxylic acids is 1. The van der Waals surface area contributed by atoms with Gasteiger partial charge in [0.1, 0.15) is 19.3 Å². The number of aliphatic hydroxyl groups is 1. The maximum absolute atomic E-state index is 10.8. The van der Waals surface area contributed by atoms with E-state index in [0.29, 0.717) is 31.3 Å². The van der Waals surface area contributed by atoms with Gasteiger partial charge >= 0.3 is 23.9 Å². The van der Waals surface area contributed by atoms with Gasteiger partial charge in [0.2, 0.25) is 0 Å². The van der Waals surface area contributed by atoms with E-state index in [0.717, 1.165) is 18.9 Å². The Bertz CT molecular complexity index is 695. The van der Waals surface area contributed by atoms with Gasteiger partial charge in [-0.3, -0.25) is 4.79 Å². The van der Waals surface area contributed by atoms with Crippen molar-refractivity contribution in [2.75, 3.05) is 33.0 Å². The highest BCUT2D eigenvalue weighted by molar-refractivity contribution is 5.86. The van der Waals surface area contributed by atoms with Crippen LogP contribution >= 0.6 is 0 Å². The van der Waals surface area contributed by atoms with Gasteiger partial charge in [0.25, 0.3) is 0 Å². The summed E-state index contributed by atoms with van der Waals surface area (Å²) < 4.78 is 18.9. The molecular weight excluding hydrogens is 484 g/mol. The lowest BCUT2D eigenvalue weighted by atomic mass is 10.0. The first-order valence-corrected chi connectivity index (χ1v) is 12.0. The van der Waals surface area contributed by atoms with Crippen LogP contribution < -0.4 is 0 Å². The van der Waals surface area contributed by atoms with Gasteiger partial charge in [0.15, 0.2) is 0 Å². The number of carbonyl (C=O) groups excluding carboxylic acids is 3. The van der Waals surface area contributed by atoms with E-state index < -0.39 is 11.9 Å². The van der Waals surface area contributed by atoms with Crippen LogP contribution in [0.1, 0.15) is 52.9 Å². The first kappa shape index (κ1) is 38.3. The summed E-state index contributed by atoms with van der Waals surface area (Å²) in [6, 6.07) is 0. The Morgan fingerprint density at radius 2 is 1.62 bits per heavy atom. The number of ether oxygens (including phenoxy) is 4. The zero-order chi connectivity index (χ0) is 29.1. The van der Waals surface area contributed by atoms with Crippen molar-refractivity contribution in [3.63, 3.8) is 0 Å². The molecule has 10 heteroatoms. The molecule has 2 unspecified atom stereocenters. The molecule has 1 rings (SSSR count). The minimum Gasteiger partial charge on any atom is -0.481 e. The topological polar surface area (TPSA) is 149 Å². The largest absolute Gasteiger partial charge is 0.481 e. The predicted octanol–water partition coefficient (Wildman–Crippen LogP) is 3.79. The molecule has 0 aromatic carbocycles. The Kier molecular flexibility index (Phi) is 28.3. The number of hydrogen-bond acceptors (Lipinski definition) is 9. The van der Waals surface area contributed by atoms with Crippen LogP contribution in [0.4, 0.5) is 0 Å². The molecule has 0 radical (unpaired) electrons. The molecule has 0 aromatic heterocycles. The molecule has 0 saturated carbocycles. The molecule has 1 heterocycles. The second kappa shape index (κ2) is 27.3. The number of carboxylic acids is 1. The summed E-state index contributed by atoms with van der Waals surface area (Å²) in [5.74, 6) is -1.46. The lowest BCUT2D eigenvalue weighted by Crippen LogP contribution is -2.12. The molecule has 0 aliphatic carbocycles. The minimum atomic E-state index is -0.829. The van der Waals surface area contributed by atoms with Crippen LogP contribution in [0.5, 0.6) is 0 Å². The fraction of sp³-hybridized carbons (Fsp3) is 0.556. The Morgan fingerprint density at radius 3 is 1.97 bits per heavy atom. The maximum atomic E-state index is 10.8. The molecule has 37 heavy (non-hydrogen) atoms. The van der Waals surface area contributed by atoms with E-state index >= 15 is 0 Å². The van der Waals surface area contributed by atoms with Crippen LogP contribution in [0.25, 0.3) is 0 Å². The third-order valence-electron chi connectivity index (χ3n) is 4.14. The first-order chi connectivity index (χ1) is 17.5. The Hall–Kier alpha value is -3.24. The molecule has 10 nitrogen and oxygen atoms in total. The second-order valence-corrected chi connectivity index (χ2v) is 7.57. The third kappa shape index (κ3) is 32.8. The van der Waals surface area contributed by atoms with Gasteiger partial charge in [-0.25, -0.2) is 14.4 Å². The number of carbonyl (C=O) groups is 4. The lowest BCUT2D eigenvalue weighted by molar-refractivity contribution is -0.140. The lowest BCUT2D eigenvalue weighted by Gasteiger charge is -2.13. The van der Waals surface area contributed by atoms with Gasteiger partial charge < -0.3 is 29.2 Å². The van der Waals surface area contributed by atoms with E-state index in [1.165, 1.54) is 25.0 Å². The van der Waals surface area contributed by atoms with Crippen molar-refractivity contribution < 1.29 is 48.3 Å². The minimum absolute atomic E-state index is 0.0465. The highest BCUT2D eigenvalue weighted by Gasteiger charge is 2.24. The number of hydrogen-bond donors (Lipinski definition) is 2. The average molecular weight is 529 g/mol. The van der Waals surface area contributed by atoms with E-state index in [4.69, 9.17) is 24.4 Å². The van der Waals surface area contributed by atoms with Crippen molar-refractivity contribution in [1.29, 1.82) is 0 Å². The van der Waals surface area contributed by atoms with Crippen molar-refractivity contribution in [3.05, 3.63) is 50.1 Å². The number of rotatable bonds is 15. The first-order valence-electron chi connectivity index (χ1n) is 12.0. The number of esters is 3. The van der Waals surface area contributed by atoms with Crippen LogP contribution in [0, 0.1) is 5.92 Å². The van der Waals surface area contributed by atoms with Crippen LogP contribution in [0.15, 0.2) is 50.1 Å². The molecule has 0 spiro atoms. The summed E-state index contributed by atoms with van der Waals surface area (Å²) in [4.78, 5) is 41.1. The highest BCUT2D eigenvalue weighted by atomic mass is 16.6. The fourth-order valence-electron chi connectivity index (χ4n) is 1.94. The second-order valence-electron chi connectivity index (χ2n) is 7.57. The Morgan fingerprint density at radius 1 is 1.05 bits per heavy atom. The number of aliphatic hydroxyl groups excluding tert-OH is 1. The van der Waals surface area contributed by atoms with Crippen molar-refractivity contribution in [2.24, 2.45) is 5.92 Å². The SMILES string of the molecule is C=C(C)C(=O)OCC1CO1.C=CC(=O)OCC(CC)CCCC.C=CC(=O)OCCO.C=CCC(=O)O. The quantitative estimate of drug-likeness (QED) is 0.106. The third-order valence-corrected chi connectivity index (χ3v) is 4.14. The van der Waals surface area contributed by atoms with Gasteiger partial charge in [-0.2, -0.15) is 0 Å².